The Balaban J connectivity index is 3.75. The molecule has 0 aromatic carbocycles. The van der Waals surface area contributed by atoms with Crippen molar-refractivity contribution in [2.45, 2.75) is 96.6 Å². The van der Waals surface area contributed by atoms with Crippen LogP contribution in [0.25, 0.3) is 0 Å². The molecule has 0 radical (unpaired) electrons. The number of ether oxygens (including phenoxy) is 1. The highest BCUT2D eigenvalue weighted by molar-refractivity contribution is 7.52. The SMILES string of the molecule is CCCCCCCCCCCCC(CC(=O)OCC)P(=O)(O)O. The molecule has 5 nitrogen and oxygen atoms in total. The van der Waals surface area contributed by atoms with E-state index in [1.54, 1.807) is 6.92 Å². The lowest BCUT2D eigenvalue weighted by molar-refractivity contribution is -0.143. The zero-order chi connectivity index (χ0) is 17.6. The zero-order valence-corrected chi connectivity index (χ0v) is 15.7. The summed E-state index contributed by atoms with van der Waals surface area (Å²) in [6, 6.07) is 0. The third-order valence-corrected chi connectivity index (χ3v) is 5.47. The number of hydrogen-bond donors (Lipinski definition) is 2. The number of carbonyl (C=O) groups excluding carboxylic acids is 1. The van der Waals surface area contributed by atoms with Gasteiger partial charge in [0.05, 0.1) is 18.7 Å². The molecule has 138 valence electrons. The van der Waals surface area contributed by atoms with Gasteiger partial charge >= 0.3 is 13.6 Å². The fourth-order valence-corrected chi connectivity index (χ4v) is 3.57. The van der Waals surface area contributed by atoms with Crippen LogP contribution >= 0.6 is 7.60 Å². The lowest BCUT2D eigenvalue weighted by Gasteiger charge is -2.17. The molecular formula is C17H35O5P. The summed E-state index contributed by atoms with van der Waals surface area (Å²) in [6.07, 6.45) is 12.0. The van der Waals surface area contributed by atoms with E-state index >= 15 is 0 Å². The molecule has 0 aliphatic heterocycles. The van der Waals surface area contributed by atoms with Crippen LogP contribution in [0.3, 0.4) is 0 Å². The molecule has 0 aliphatic rings. The maximum atomic E-state index is 11.4. The van der Waals surface area contributed by atoms with Gasteiger partial charge < -0.3 is 14.5 Å². The Bertz CT molecular complexity index is 340. The minimum absolute atomic E-state index is 0.185. The van der Waals surface area contributed by atoms with Crippen LogP contribution in [-0.4, -0.2) is 28.0 Å². The first kappa shape index (κ1) is 22.6. The van der Waals surface area contributed by atoms with Gasteiger partial charge in [0.15, 0.2) is 0 Å². The van der Waals surface area contributed by atoms with Gasteiger partial charge in [-0.2, -0.15) is 0 Å². The van der Waals surface area contributed by atoms with E-state index in [4.69, 9.17) is 4.74 Å². The van der Waals surface area contributed by atoms with E-state index < -0.39 is 19.2 Å². The standard InChI is InChI=1S/C17H35O5P/c1-3-5-6-7-8-9-10-11-12-13-14-16(23(19,20)21)15-17(18)22-4-2/h16H,3-15H2,1-2H3,(H2,19,20,21). The zero-order valence-electron chi connectivity index (χ0n) is 14.8. The van der Waals surface area contributed by atoms with Gasteiger partial charge in [0, 0.05) is 0 Å². The second kappa shape index (κ2) is 14.0. The van der Waals surface area contributed by atoms with Crippen molar-refractivity contribution in [2.24, 2.45) is 0 Å². The molecule has 0 spiro atoms. The summed E-state index contributed by atoms with van der Waals surface area (Å²) in [7, 11) is -4.23. The highest BCUT2D eigenvalue weighted by Gasteiger charge is 2.30. The Morgan fingerprint density at radius 1 is 0.913 bits per heavy atom. The van der Waals surface area contributed by atoms with Crippen LogP contribution in [-0.2, 0) is 14.1 Å². The molecule has 1 atom stereocenters. The molecule has 2 N–H and O–H groups in total. The number of unbranched alkanes of at least 4 members (excludes halogenated alkanes) is 9. The predicted molar refractivity (Wildman–Crippen MR) is 93.5 cm³/mol. The monoisotopic (exact) mass is 350 g/mol. The highest BCUT2D eigenvalue weighted by Crippen LogP contribution is 2.45. The molecule has 0 aliphatic carbocycles. The molecule has 0 aromatic rings. The van der Waals surface area contributed by atoms with Crippen molar-refractivity contribution in [3.8, 4) is 0 Å². The third kappa shape index (κ3) is 13.7. The summed E-state index contributed by atoms with van der Waals surface area (Å²) in [6.45, 7) is 4.14. The van der Waals surface area contributed by atoms with Gasteiger partial charge in [0.25, 0.3) is 0 Å². The Hall–Kier alpha value is -0.380. The molecule has 0 bridgehead atoms. The maximum Gasteiger partial charge on any atom is 0.329 e. The molecule has 0 saturated heterocycles. The van der Waals surface area contributed by atoms with Gasteiger partial charge in [-0.15, -0.1) is 0 Å². The lowest BCUT2D eigenvalue weighted by Crippen LogP contribution is -2.16. The van der Waals surface area contributed by atoms with E-state index in [1.165, 1.54) is 44.9 Å². The second-order valence-corrected chi connectivity index (χ2v) is 8.13. The molecule has 0 rings (SSSR count). The van der Waals surface area contributed by atoms with Crippen LogP contribution in [0, 0.1) is 0 Å². The van der Waals surface area contributed by atoms with E-state index in [-0.39, 0.29) is 13.0 Å². The van der Waals surface area contributed by atoms with Gasteiger partial charge in [-0.3, -0.25) is 9.36 Å². The minimum Gasteiger partial charge on any atom is -0.466 e. The topological polar surface area (TPSA) is 83.8 Å². The van der Waals surface area contributed by atoms with Crippen LogP contribution in [0.4, 0.5) is 0 Å². The van der Waals surface area contributed by atoms with E-state index in [0.717, 1.165) is 19.3 Å². The number of carbonyl (C=O) groups is 1. The van der Waals surface area contributed by atoms with Crippen molar-refractivity contribution in [1.82, 2.24) is 0 Å². The van der Waals surface area contributed by atoms with Crippen molar-refractivity contribution in [3.05, 3.63) is 0 Å². The largest absolute Gasteiger partial charge is 0.466 e. The summed E-state index contributed by atoms with van der Waals surface area (Å²) >= 11 is 0. The molecular weight excluding hydrogens is 315 g/mol. The molecule has 0 heterocycles. The van der Waals surface area contributed by atoms with Crippen LogP contribution < -0.4 is 0 Å². The van der Waals surface area contributed by atoms with E-state index in [9.17, 15) is 19.1 Å². The van der Waals surface area contributed by atoms with Crippen LogP contribution in [0.1, 0.15) is 90.9 Å². The van der Waals surface area contributed by atoms with Gasteiger partial charge in [-0.25, -0.2) is 0 Å². The molecule has 1 unspecified atom stereocenters. The van der Waals surface area contributed by atoms with Gasteiger partial charge in [0.1, 0.15) is 0 Å². The Labute approximate surface area is 141 Å². The molecule has 6 heteroatoms. The summed E-state index contributed by atoms with van der Waals surface area (Å²) in [4.78, 5) is 30.1. The lowest BCUT2D eigenvalue weighted by atomic mass is 10.0. The van der Waals surface area contributed by atoms with E-state index in [1.807, 2.05) is 0 Å². The molecule has 23 heavy (non-hydrogen) atoms. The highest BCUT2D eigenvalue weighted by atomic mass is 31.2. The Kier molecular flexibility index (Phi) is 13.8. The maximum absolute atomic E-state index is 11.4. The first-order valence-corrected chi connectivity index (χ1v) is 10.8. The smallest absolute Gasteiger partial charge is 0.329 e. The fraction of sp³-hybridized carbons (Fsp3) is 0.941. The number of hydrogen-bond acceptors (Lipinski definition) is 3. The quantitative estimate of drug-likeness (QED) is 0.252. The Morgan fingerprint density at radius 3 is 1.83 bits per heavy atom. The van der Waals surface area contributed by atoms with Crippen molar-refractivity contribution >= 4 is 13.6 Å². The Morgan fingerprint density at radius 2 is 1.39 bits per heavy atom. The van der Waals surface area contributed by atoms with Gasteiger partial charge in [0.2, 0.25) is 0 Å². The average Bonchev–Trinajstić information content (AvgIpc) is 2.47. The van der Waals surface area contributed by atoms with Crippen LogP contribution in [0.5, 0.6) is 0 Å². The molecule has 0 aromatic heterocycles. The fourth-order valence-electron chi connectivity index (χ4n) is 2.67. The average molecular weight is 350 g/mol. The van der Waals surface area contributed by atoms with Crippen molar-refractivity contribution in [3.63, 3.8) is 0 Å². The second-order valence-electron chi connectivity index (χ2n) is 6.22. The van der Waals surface area contributed by atoms with E-state index in [2.05, 4.69) is 6.92 Å². The first-order chi connectivity index (χ1) is 10.9. The summed E-state index contributed by atoms with van der Waals surface area (Å²) in [5.74, 6) is -0.520. The number of rotatable bonds is 15. The molecule has 0 saturated carbocycles. The summed E-state index contributed by atoms with van der Waals surface area (Å²) in [5.41, 5.74) is -0.893. The van der Waals surface area contributed by atoms with Crippen LogP contribution in [0.15, 0.2) is 0 Å². The van der Waals surface area contributed by atoms with Crippen molar-refractivity contribution < 1.29 is 23.9 Å². The predicted octanol–water partition coefficient (Wildman–Crippen LogP) is 4.80. The van der Waals surface area contributed by atoms with Gasteiger partial charge in [-0.05, 0) is 13.3 Å². The first-order valence-electron chi connectivity index (χ1n) is 9.12. The molecule has 0 amide bonds. The van der Waals surface area contributed by atoms with Gasteiger partial charge in [-0.1, -0.05) is 71.1 Å². The minimum atomic E-state index is -4.23. The van der Waals surface area contributed by atoms with Crippen molar-refractivity contribution in [2.75, 3.05) is 6.61 Å². The molecule has 0 fully saturated rings. The normalized spacial score (nSPS) is 13.0. The van der Waals surface area contributed by atoms with Crippen molar-refractivity contribution in [1.29, 1.82) is 0 Å². The van der Waals surface area contributed by atoms with E-state index in [0.29, 0.717) is 6.42 Å². The summed E-state index contributed by atoms with van der Waals surface area (Å²) < 4.78 is 16.2. The van der Waals surface area contributed by atoms with Crippen LogP contribution in [0.2, 0.25) is 0 Å². The third-order valence-electron chi connectivity index (χ3n) is 4.07. The summed E-state index contributed by atoms with van der Waals surface area (Å²) in [5, 5.41) is 0. The number of esters is 1.